The average molecular weight is 279 g/mol. The fourth-order valence-corrected chi connectivity index (χ4v) is 2.56. The predicted molar refractivity (Wildman–Crippen MR) is 72.7 cm³/mol. The summed E-state index contributed by atoms with van der Waals surface area (Å²) in [7, 11) is 0. The first-order valence-corrected chi connectivity index (χ1v) is 6.57. The molecule has 1 fully saturated rings. The number of carboxylic acid groups (broad SMARTS) is 1. The Morgan fingerprint density at radius 2 is 2.10 bits per heavy atom. The summed E-state index contributed by atoms with van der Waals surface area (Å²) in [6.45, 7) is 1.71. The molecule has 2 N–H and O–H groups in total. The van der Waals surface area contributed by atoms with Gasteiger partial charge in [-0.1, -0.05) is 19.3 Å². The highest BCUT2D eigenvalue weighted by Crippen LogP contribution is 2.34. The van der Waals surface area contributed by atoms with E-state index in [1.807, 2.05) is 0 Å². The van der Waals surface area contributed by atoms with Crippen LogP contribution in [-0.2, 0) is 4.79 Å². The van der Waals surface area contributed by atoms with E-state index < -0.39 is 16.4 Å². The molecule has 1 aromatic rings. The van der Waals surface area contributed by atoms with Crippen LogP contribution in [0.15, 0.2) is 12.3 Å². The number of aromatic nitrogens is 1. The summed E-state index contributed by atoms with van der Waals surface area (Å²) in [4.78, 5) is 26.1. The lowest BCUT2D eigenvalue weighted by Gasteiger charge is -2.34. The van der Waals surface area contributed by atoms with Gasteiger partial charge in [-0.25, -0.2) is 9.78 Å². The second-order valence-electron chi connectivity index (χ2n) is 5.21. The molecule has 0 saturated heterocycles. The van der Waals surface area contributed by atoms with Crippen LogP contribution in [-0.4, -0.2) is 26.5 Å². The first kappa shape index (κ1) is 14.2. The summed E-state index contributed by atoms with van der Waals surface area (Å²) in [5.74, 6) is -0.946. The second-order valence-corrected chi connectivity index (χ2v) is 5.21. The second kappa shape index (κ2) is 5.44. The number of aliphatic carboxylic acids is 1. The van der Waals surface area contributed by atoms with Gasteiger partial charge in [-0.05, 0) is 25.3 Å². The Morgan fingerprint density at radius 3 is 2.65 bits per heavy atom. The molecule has 0 aromatic carbocycles. The van der Waals surface area contributed by atoms with E-state index in [1.54, 1.807) is 6.92 Å². The molecule has 0 radical (unpaired) electrons. The van der Waals surface area contributed by atoms with Gasteiger partial charge in [0.2, 0.25) is 5.82 Å². The summed E-state index contributed by atoms with van der Waals surface area (Å²) < 4.78 is 0. The number of hydrogen-bond acceptors (Lipinski definition) is 5. The smallest absolute Gasteiger partial charge is 0.329 e. The highest BCUT2D eigenvalue weighted by Gasteiger charge is 2.41. The van der Waals surface area contributed by atoms with E-state index in [2.05, 4.69) is 10.3 Å². The summed E-state index contributed by atoms with van der Waals surface area (Å²) in [6, 6.07) is 1.40. The molecule has 1 saturated carbocycles. The Hall–Kier alpha value is -2.18. The van der Waals surface area contributed by atoms with E-state index in [0.717, 1.165) is 19.3 Å². The topological polar surface area (TPSA) is 105 Å². The SMILES string of the molecule is Cc1cnc(NC2(C(=O)O)CCCCC2)c([N+](=O)[O-])c1. The molecular formula is C13H17N3O4. The fraction of sp³-hybridized carbons (Fsp3) is 0.538. The maximum absolute atomic E-state index is 11.6. The third-order valence-corrected chi connectivity index (χ3v) is 3.68. The summed E-state index contributed by atoms with van der Waals surface area (Å²) in [6.07, 6.45) is 4.97. The summed E-state index contributed by atoms with van der Waals surface area (Å²) in [5.41, 5.74) is -0.669. The minimum atomic E-state index is -1.15. The first-order chi connectivity index (χ1) is 9.44. The van der Waals surface area contributed by atoms with Gasteiger partial charge in [0.05, 0.1) is 4.92 Å². The molecule has 0 unspecified atom stereocenters. The summed E-state index contributed by atoms with van der Waals surface area (Å²) >= 11 is 0. The largest absolute Gasteiger partial charge is 0.480 e. The highest BCUT2D eigenvalue weighted by molar-refractivity contribution is 5.83. The standard InChI is InChI=1S/C13H17N3O4/c1-9-7-10(16(19)20)11(14-8-9)15-13(12(17)18)5-3-2-4-6-13/h7-8H,2-6H2,1H3,(H,14,15)(H,17,18). The molecular weight excluding hydrogens is 262 g/mol. The zero-order chi connectivity index (χ0) is 14.8. The van der Waals surface area contributed by atoms with Gasteiger partial charge in [-0.3, -0.25) is 10.1 Å². The molecule has 1 aliphatic rings. The monoisotopic (exact) mass is 279 g/mol. The van der Waals surface area contributed by atoms with Crippen molar-refractivity contribution < 1.29 is 14.8 Å². The van der Waals surface area contributed by atoms with Gasteiger partial charge in [-0.2, -0.15) is 0 Å². The van der Waals surface area contributed by atoms with Crippen LogP contribution in [0.1, 0.15) is 37.7 Å². The van der Waals surface area contributed by atoms with Crippen LogP contribution in [0.25, 0.3) is 0 Å². The van der Waals surface area contributed by atoms with Crippen LogP contribution in [0, 0.1) is 17.0 Å². The van der Waals surface area contributed by atoms with Crippen molar-refractivity contribution in [3.05, 3.63) is 27.9 Å². The van der Waals surface area contributed by atoms with Crippen LogP contribution in [0.5, 0.6) is 0 Å². The van der Waals surface area contributed by atoms with Crippen molar-refractivity contribution in [2.45, 2.75) is 44.6 Å². The molecule has 0 amide bonds. The van der Waals surface area contributed by atoms with E-state index in [-0.39, 0.29) is 11.5 Å². The molecule has 7 heteroatoms. The number of anilines is 1. The molecule has 0 atom stereocenters. The Bertz CT molecular complexity index is 538. The molecule has 20 heavy (non-hydrogen) atoms. The zero-order valence-electron chi connectivity index (χ0n) is 11.3. The number of nitrogens with zero attached hydrogens (tertiary/aromatic N) is 2. The molecule has 108 valence electrons. The van der Waals surface area contributed by atoms with Gasteiger partial charge >= 0.3 is 11.7 Å². The number of carbonyl (C=O) groups is 1. The number of nitro groups is 1. The fourth-order valence-electron chi connectivity index (χ4n) is 2.56. The minimum absolute atomic E-state index is 0.0323. The quantitative estimate of drug-likeness (QED) is 0.648. The van der Waals surface area contributed by atoms with Crippen LogP contribution < -0.4 is 5.32 Å². The Kier molecular flexibility index (Phi) is 3.87. The minimum Gasteiger partial charge on any atom is -0.480 e. The predicted octanol–water partition coefficient (Wildman–Crippen LogP) is 2.50. The molecule has 0 bridgehead atoms. The van der Waals surface area contributed by atoms with Gasteiger partial charge < -0.3 is 10.4 Å². The van der Waals surface area contributed by atoms with Gasteiger partial charge in [0.15, 0.2) is 0 Å². The zero-order valence-corrected chi connectivity index (χ0v) is 11.3. The van der Waals surface area contributed by atoms with Crippen LogP contribution >= 0.6 is 0 Å². The molecule has 0 aliphatic heterocycles. The number of hydrogen-bond donors (Lipinski definition) is 2. The van der Waals surface area contributed by atoms with E-state index >= 15 is 0 Å². The first-order valence-electron chi connectivity index (χ1n) is 6.57. The van der Waals surface area contributed by atoms with Crippen molar-refractivity contribution in [2.75, 3.05) is 5.32 Å². The van der Waals surface area contributed by atoms with Gasteiger partial charge in [-0.15, -0.1) is 0 Å². The van der Waals surface area contributed by atoms with Crippen molar-refractivity contribution in [2.24, 2.45) is 0 Å². The molecule has 2 rings (SSSR count). The van der Waals surface area contributed by atoms with Crippen molar-refractivity contribution in [3.8, 4) is 0 Å². The lowest BCUT2D eigenvalue weighted by molar-refractivity contribution is -0.384. The van der Waals surface area contributed by atoms with E-state index in [0.29, 0.717) is 18.4 Å². The Morgan fingerprint density at radius 1 is 1.45 bits per heavy atom. The third kappa shape index (κ3) is 2.71. The Labute approximate surface area is 116 Å². The normalized spacial score (nSPS) is 17.4. The van der Waals surface area contributed by atoms with Crippen molar-refractivity contribution in [1.29, 1.82) is 0 Å². The average Bonchev–Trinajstić information content (AvgIpc) is 2.41. The molecule has 1 aromatic heterocycles. The van der Waals surface area contributed by atoms with E-state index in [4.69, 9.17) is 0 Å². The number of rotatable bonds is 4. The van der Waals surface area contributed by atoms with E-state index in [1.165, 1.54) is 12.3 Å². The van der Waals surface area contributed by atoms with Crippen molar-refractivity contribution in [1.82, 2.24) is 4.98 Å². The van der Waals surface area contributed by atoms with Gasteiger partial charge in [0, 0.05) is 12.3 Å². The van der Waals surface area contributed by atoms with Crippen LogP contribution in [0.4, 0.5) is 11.5 Å². The number of carboxylic acids is 1. The highest BCUT2D eigenvalue weighted by atomic mass is 16.6. The lowest BCUT2D eigenvalue weighted by Crippen LogP contribution is -2.48. The van der Waals surface area contributed by atoms with Crippen LogP contribution in [0.2, 0.25) is 0 Å². The Balaban J connectivity index is 2.36. The number of pyridine rings is 1. The molecule has 1 aliphatic carbocycles. The number of nitrogens with one attached hydrogen (secondary N) is 1. The maximum Gasteiger partial charge on any atom is 0.329 e. The number of aryl methyl sites for hydroxylation is 1. The maximum atomic E-state index is 11.6. The molecule has 0 spiro atoms. The van der Waals surface area contributed by atoms with Gasteiger partial charge in [0.25, 0.3) is 0 Å². The van der Waals surface area contributed by atoms with Gasteiger partial charge in [0.1, 0.15) is 5.54 Å². The molecule has 7 nitrogen and oxygen atoms in total. The van der Waals surface area contributed by atoms with E-state index in [9.17, 15) is 20.0 Å². The molecule has 1 heterocycles. The lowest BCUT2D eigenvalue weighted by atomic mass is 9.81. The summed E-state index contributed by atoms with van der Waals surface area (Å²) in [5, 5.41) is 23.4. The van der Waals surface area contributed by atoms with Crippen molar-refractivity contribution in [3.63, 3.8) is 0 Å². The van der Waals surface area contributed by atoms with Crippen molar-refractivity contribution >= 4 is 17.5 Å². The van der Waals surface area contributed by atoms with Crippen LogP contribution in [0.3, 0.4) is 0 Å². The third-order valence-electron chi connectivity index (χ3n) is 3.68.